The van der Waals surface area contributed by atoms with Crippen LogP contribution in [0.15, 0.2) is 29.2 Å². The molecule has 0 fully saturated rings. The summed E-state index contributed by atoms with van der Waals surface area (Å²) in [5, 5.41) is 10.9. The summed E-state index contributed by atoms with van der Waals surface area (Å²) < 4.78 is 27.5. The molecule has 0 aliphatic heterocycles. The number of hydrogen-bond acceptors (Lipinski definition) is 6. The summed E-state index contributed by atoms with van der Waals surface area (Å²) in [4.78, 5) is 22.7. The van der Waals surface area contributed by atoms with E-state index in [-0.39, 0.29) is 21.1 Å². The molecular weight excluding hydrogens is 366 g/mol. The van der Waals surface area contributed by atoms with Crippen LogP contribution in [-0.2, 0) is 22.9 Å². The molecule has 0 atom stereocenters. The normalized spacial score (nSPS) is 13.9. The Bertz CT molecular complexity index is 948. The van der Waals surface area contributed by atoms with Crippen molar-refractivity contribution in [3.8, 4) is 0 Å². The van der Waals surface area contributed by atoms with E-state index in [0.29, 0.717) is 6.42 Å². The molecule has 132 valence electrons. The zero-order valence-corrected chi connectivity index (χ0v) is 14.7. The number of nitrogens with two attached hydrogens (primary N) is 1. The second kappa shape index (κ2) is 6.45. The van der Waals surface area contributed by atoms with Gasteiger partial charge in [-0.25, -0.2) is 8.42 Å². The lowest BCUT2D eigenvalue weighted by Crippen LogP contribution is -2.18. The number of carbonyl (C=O) groups excluding carboxylic acids is 1. The van der Waals surface area contributed by atoms with Crippen LogP contribution < -0.4 is 10.5 Å². The number of primary amides is 1. The Labute approximate surface area is 147 Å². The minimum atomic E-state index is -3.98. The van der Waals surface area contributed by atoms with Gasteiger partial charge in [-0.1, -0.05) is 0 Å². The van der Waals surface area contributed by atoms with E-state index in [0.717, 1.165) is 54.0 Å². The summed E-state index contributed by atoms with van der Waals surface area (Å²) in [7, 11) is -3.98. The average Bonchev–Trinajstić information content (AvgIpc) is 2.92. The molecule has 0 saturated carbocycles. The molecule has 2 aromatic rings. The molecule has 25 heavy (non-hydrogen) atoms. The van der Waals surface area contributed by atoms with Crippen LogP contribution in [-0.4, -0.2) is 19.2 Å². The molecular formula is C15H15N3O5S2. The van der Waals surface area contributed by atoms with Crippen molar-refractivity contribution < 1.29 is 18.1 Å². The molecule has 10 heteroatoms. The van der Waals surface area contributed by atoms with Gasteiger partial charge in [0.15, 0.2) is 0 Å². The number of benzene rings is 1. The lowest BCUT2D eigenvalue weighted by atomic mass is 9.95. The molecule has 1 aliphatic carbocycles. The fraction of sp³-hybridized carbons (Fsp3) is 0.267. The van der Waals surface area contributed by atoms with Gasteiger partial charge in [0.2, 0.25) is 0 Å². The van der Waals surface area contributed by atoms with Crippen LogP contribution in [0.25, 0.3) is 0 Å². The van der Waals surface area contributed by atoms with Crippen molar-refractivity contribution in [1.29, 1.82) is 0 Å². The third-order valence-electron chi connectivity index (χ3n) is 4.00. The molecule has 3 N–H and O–H groups in total. The van der Waals surface area contributed by atoms with Gasteiger partial charge in [0.25, 0.3) is 21.6 Å². The van der Waals surface area contributed by atoms with E-state index in [4.69, 9.17) is 5.73 Å². The number of anilines is 1. The molecule has 3 rings (SSSR count). The van der Waals surface area contributed by atoms with Crippen LogP contribution in [0.5, 0.6) is 0 Å². The topological polar surface area (TPSA) is 132 Å². The van der Waals surface area contributed by atoms with Gasteiger partial charge < -0.3 is 5.73 Å². The van der Waals surface area contributed by atoms with Gasteiger partial charge in [-0.3, -0.25) is 19.6 Å². The number of rotatable bonds is 5. The Hall–Kier alpha value is -2.46. The number of nitro groups is 1. The van der Waals surface area contributed by atoms with Crippen molar-refractivity contribution in [2.24, 2.45) is 5.73 Å². The monoisotopic (exact) mass is 381 g/mol. The average molecular weight is 381 g/mol. The molecule has 0 spiro atoms. The predicted octanol–water partition coefficient (Wildman–Crippen LogP) is 2.43. The second-order valence-corrected chi connectivity index (χ2v) is 8.42. The SMILES string of the molecule is NC(=O)c1c(NS(=O)(=O)c2ccc([N+](=O)[O-])cc2)sc2c1CCCC2. The lowest BCUT2D eigenvalue weighted by Gasteiger charge is -2.11. The molecule has 8 nitrogen and oxygen atoms in total. The first-order chi connectivity index (χ1) is 11.8. The molecule has 1 aliphatic rings. The Kier molecular flexibility index (Phi) is 4.48. The van der Waals surface area contributed by atoms with Gasteiger partial charge in [0, 0.05) is 17.0 Å². The largest absolute Gasteiger partial charge is 0.365 e. The number of nitrogens with zero attached hydrogens (tertiary/aromatic N) is 1. The van der Waals surface area contributed by atoms with Gasteiger partial charge in [-0.15, -0.1) is 11.3 Å². The Balaban J connectivity index is 1.97. The van der Waals surface area contributed by atoms with E-state index in [1.54, 1.807) is 0 Å². The maximum atomic E-state index is 12.5. The minimum Gasteiger partial charge on any atom is -0.365 e. The van der Waals surface area contributed by atoms with Gasteiger partial charge in [0.05, 0.1) is 15.4 Å². The highest BCUT2D eigenvalue weighted by atomic mass is 32.2. The molecule has 1 amide bonds. The summed E-state index contributed by atoms with van der Waals surface area (Å²) in [6.07, 6.45) is 3.40. The van der Waals surface area contributed by atoms with Crippen molar-refractivity contribution >= 4 is 38.0 Å². The Morgan fingerprint density at radius 3 is 2.44 bits per heavy atom. The minimum absolute atomic E-state index is 0.125. The number of sulfonamides is 1. The fourth-order valence-corrected chi connectivity index (χ4v) is 5.43. The third kappa shape index (κ3) is 3.35. The maximum absolute atomic E-state index is 12.5. The number of thiophene rings is 1. The maximum Gasteiger partial charge on any atom is 0.269 e. The van der Waals surface area contributed by atoms with Gasteiger partial charge in [-0.05, 0) is 43.4 Å². The highest BCUT2D eigenvalue weighted by Gasteiger charge is 2.27. The van der Waals surface area contributed by atoms with E-state index < -0.39 is 20.9 Å². The number of nitro benzene ring substituents is 1. The molecule has 1 aromatic heterocycles. The quantitative estimate of drug-likeness (QED) is 0.606. The summed E-state index contributed by atoms with van der Waals surface area (Å²) in [6, 6.07) is 4.53. The number of non-ortho nitro benzene ring substituents is 1. The van der Waals surface area contributed by atoms with Crippen LogP contribution in [0.3, 0.4) is 0 Å². The number of hydrogen-bond donors (Lipinski definition) is 2. The van der Waals surface area contributed by atoms with Gasteiger partial charge in [-0.2, -0.15) is 0 Å². The van der Waals surface area contributed by atoms with E-state index in [1.807, 2.05) is 0 Å². The van der Waals surface area contributed by atoms with Crippen LogP contribution >= 0.6 is 11.3 Å². The van der Waals surface area contributed by atoms with E-state index in [1.165, 1.54) is 11.3 Å². The van der Waals surface area contributed by atoms with Crippen LogP contribution in [0.1, 0.15) is 33.6 Å². The lowest BCUT2D eigenvalue weighted by molar-refractivity contribution is -0.384. The number of nitrogens with one attached hydrogen (secondary N) is 1. The van der Waals surface area contributed by atoms with Crippen LogP contribution in [0.4, 0.5) is 10.7 Å². The van der Waals surface area contributed by atoms with E-state index in [2.05, 4.69) is 4.72 Å². The highest BCUT2D eigenvalue weighted by Crippen LogP contribution is 2.38. The highest BCUT2D eigenvalue weighted by molar-refractivity contribution is 7.93. The molecule has 0 unspecified atom stereocenters. The number of carbonyl (C=O) groups is 1. The molecule has 0 radical (unpaired) electrons. The summed E-state index contributed by atoms with van der Waals surface area (Å²) in [5.41, 5.74) is 6.30. The smallest absolute Gasteiger partial charge is 0.269 e. The van der Waals surface area contributed by atoms with E-state index >= 15 is 0 Å². The molecule has 0 saturated heterocycles. The van der Waals surface area contributed by atoms with Gasteiger partial charge in [0.1, 0.15) is 5.00 Å². The standard InChI is InChI=1S/C15H15N3O5S2/c16-14(19)13-11-3-1-2-4-12(11)24-15(13)17-25(22,23)10-7-5-9(6-8-10)18(20)21/h5-8,17H,1-4H2,(H2,16,19). The van der Waals surface area contributed by atoms with Crippen molar-refractivity contribution in [2.45, 2.75) is 30.6 Å². The molecule has 1 aromatic carbocycles. The zero-order valence-electron chi connectivity index (χ0n) is 13.0. The Morgan fingerprint density at radius 2 is 1.84 bits per heavy atom. The summed E-state index contributed by atoms with van der Waals surface area (Å²) >= 11 is 1.22. The molecule has 1 heterocycles. The van der Waals surface area contributed by atoms with Crippen LogP contribution in [0, 0.1) is 10.1 Å². The van der Waals surface area contributed by atoms with Crippen LogP contribution in [0.2, 0.25) is 0 Å². The first kappa shape index (κ1) is 17.4. The van der Waals surface area contributed by atoms with Crippen molar-refractivity contribution in [3.63, 3.8) is 0 Å². The third-order valence-corrected chi connectivity index (χ3v) is 6.70. The summed E-state index contributed by atoms with van der Waals surface area (Å²) in [5.74, 6) is -0.666. The molecule has 0 bridgehead atoms. The summed E-state index contributed by atoms with van der Waals surface area (Å²) in [6.45, 7) is 0. The van der Waals surface area contributed by atoms with Crippen molar-refractivity contribution in [1.82, 2.24) is 0 Å². The van der Waals surface area contributed by atoms with Crippen molar-refractivity contribution in [3.05, 3.63) is 50.4 Å². The zero-order chi connectivity index (χ0) is 18.2. The fourth-order valence-electron chi connectivity index (χ4n) is 2.83. The van der Waals surface area contributed by atoms with Crippen molar-refractivity contribution in [2.75, 3.05) is 4.72 Å². The Morgan fingerprint density at radius 1 is 1.20 bits per heavy atom. The second-order valence-electron chi connectivity index (χ2n) is 5.64. The van der Waals surface area contributed by atoms with Gasteiger partial charge >= 0.3 is 0 Å². The first-order valence-corrected chi connectivity index (χ1v) is 9.81. The number of fused-ring (bicyclic) bond motifs is 1. The first-order valence-electron chi connectivity index (χ1n) is 7.51. The van der Waals surface area contributed by atoms with E-state index in [9.17, 15) is 23.3 Å². The number of aryl methyl sites for hydroxylation is 1. The number of amides is 1. The predicted molar refractivity (Wildman–Crippen MR) is 93.4 cm³/mol.